The zero-order chi connectivity index (χ0) is 10.5. The molecule has 0 aliphatic heterocycles. The van der Waals surface area contributed by atoms with E-state index in [1.54, 1.807) is 0 Å². The van der Waals surface area contributed by atoms with Crippen LogP contribution in [-0.4, -0.2) is 12.6 Å². The minimum absolute atomic E-state index is 0.758. The van der Waals surface area contributed by atoms with Crippen molar-refractivity contribution in [3.8, 4) is 0 Å². The molecule has 1 N–H and O–H groups in total. The van der Waals surface area contributed by atoms with E-state index >= 15 is 0 Å². The van der Waals surface area contributed by atoms with Gasteiger partial charge in [-0.05, 0) is 38.1 Å². The first kappa shape index (κ1) is 11.4. The van der Waals surface area contributed by atoms with Gasteiger partial charge in [0.25, 0.3) is 0 Å². The first-order valence-corrected chi connectivity index (χ1v) is 7.08. The van der Waals surface area contributed by atoms with E-state index in [2.05, 4.69) is 12.2 Å². The largest absolute Gasteiger partial charge is 0.314 e. The summed E-state index contributed by atoms with van der Waals surface area (Å²) >= 11 is 0. The van der Waals surface area contributed by atoms with Crippen LogP contribution in [-0.2, 0) is 0 Å². The maximum absolute atomic E-state index is 3.71. The van der Waals surface area contributed by atoms with Gasteiger partial charge in [0.1, 0.15) is 0 Å². The van der Waals surface area contributed by atoms with Crippen molar-refractivity contribution in [1.82, 2.24) is 5.32 Å². The number of nitrogens with one attached hydrogen (secondary N) is 1. The number of rotatable bonds is 6. The van der Waals surface area contributed by atoms with Gasteiger partial charge in [0.15, 0.2) is 0 Å². The van der Waals surface area contributed by atoms with Crippen molar-refractivity contribution in [2.45, 2.75) is 70.8 Å². The molecule has 1 atom stereocenters. The summed E-state index contributed by atoms with van der Waals surface area (Å²) in [6.45, 7) is 3.64. The highest BCUT2D eigenvalue weighted by molar-refractivity contribution is 4.75. The minimum Gasteiger partial charge on any atom is -0.314 e. The summed E-state index contributed by atoms with van der Waals surface area (Å²) in [6.07, 6.45) is 13.3. The molecule has 2 aliphatic carbocycles. The molecule has 1 nitrogen and oxygen atoms in total. The van der Waals surface area contributed by atoms with Gasteiger partial charge in [-0.15, -0.1) is 0 Å². The Balaban J connectivity index is 1.49. The SMILES string of the molecule is CC(CC1CCCC1)NCCC1CCC1. The Morgan fingerprint density at radius 3 is 2.27 bits per heavy atom. The Kier molecular flexibility index (Phi) is 4.49. The molecule has 0 heterocycles. The third-order valence-corrected chi connectivity index (χ3v) is 4.43. The van der Waals surface area contributed by atoms with E-state index in [-0.39, 0.29) is 0 Å². The second kappa shape index (κ2) is 5.89. The lowest BCUT2D eigenvalue weighted by Gasteiger charge is -2.26. The van der Waals surface area contributed by atoms with E-state index in [1.165, 1.54) is 64.3 Å². The molecular weight excluding hydrogens is 182 g/mol. The first-order valence-electron chi connectivity index (χ1n) is 7.08. The third-order valence-electron chi connectivity index (χ3n) is 4.43. The van der Waals surface area contributed by atoms with Crippen molar-refractivity contribution in [2.75, 3.05) is 6.54 Å². The maximum Gasteiger partial charge on any atom is 0.00413 e. The molecular formula is C14H27N. The average Bonchev–Trinajstić information content (AvgIpc) is 2.62. The van der Waals surface area contributed by atoms with Crippen molar-refractivity contribution in [1.29, 1.82) is 0 Å². The standard InChI is InChI=1S/C14H27N/c1-12(11-14-5-2-3-6-14)15-10-9-13-7-4-8-13/h12-15H,2-11H2,1H3. The van der Waals surface area contributed by atoms with Gasteiger partial charge in [0, 0.05) is 6.04 Å². The van der Waals surface area contributed by atoms with Crippen molar-refractivity contribution >= 4 is 0 Å². The van der Waals surface area contributed by atoms with Crippen LogP contribution in [0.3, 0.4) is 0 Å². The molecule has 1 heteroatoms. The highest BCUT2D eigenvalue weighted by Crippen LogP contribution is 2.30. The second-order valence-electron chi connectivity index (χ2n) is 5.83. The predicted molar refractivity (Wildman–Crippen MR) is 66.0 cm³/mol. The van der Waals surface area contributed by atoms with Crippen LogP contribution in [0.25, 0.3) is 0 Å². The van der Waals surface area contributed by atoms with Crippen LogP contribution in [0.15, 0.2) is 0 Å². The van der Waals surface area contributed by atoms with Crippen LogP contribution >= 0.6 is 0 Å². The molecule has 0 aromatic carbocycles. The van der Waals surface area contributed by atoms with Gasteiger partial charge < -0.3 is 5.32 Å². The normalized spacial score (nSPS) is 25.4. The lowest BCUT2D eigenvalue weighted by molar-refractivity contribution is 0.284. The molecule has 2 saturated carbocycles. The van der Waals surface area contributed by atoms with E-state index in [9.17, 15) is 0 Å². The first-order chi connectivity index (χ1) is 7.34. The van der Waals surface area contributed by atoms with Gasteiger partial charge in [-0.2, -0.15) is 0 Å². The summed E-state index contributed by atoms with van der Waals surface area (Å²) in [7, 11) is 0. The van der Waals surface area contributed by atoms with Crippen LogP contribution in [0, 0.1) is 11.8 Å². The Morgan fingerprint density at radius 1 is 1.00 bits per heavy atom. The van der Waals surface area contributed by atoms with Crippen molar-refractivity contribution in [2.24, 2.45) is 11.8 Å². The topological polar surface area (TPSA) is 12.0 Å². The van der Waals surface area contributed by atoms with Crippen LogP contribution in [0.5, 0.6) is 0 Å². The smallest absolute Gasteiger partial charge is 0.00413 e. The van der Waals surface area contributed by atoms with Crippen LogP contribution in [0.2, 0.25) is 0 Å². The summed E-state index contributed by atoms with van der Waals surface area (Å²) < 4.78 is 0. The fourth-order valence-corrected chi connectivity index (χ4v) is 3.14. The summed E-state index contributed by atoms with van der Waals surface area (Å²) in [4.78, 5) is 0. The molecule has 0 aromatic heterocycles. The van der Waals surface area contributed by atoms with E-state index < -0.39 is 0 Å². The molecule has 2 rings (SSSR count). The summed E-state index contributed by atoms with van der Waals surface area (Å²) in [5, 5.41) is 3.71. The molecule has 2 fully saturated rings. The molecule has 0 aromatic rings. The van der Waals surface area contributed by atoms with E-state index in [0.29, 0.717) is 0 Å². The Morgan fingerprint density at radius 2 is 1.67 bits per heavy atom. The predicted octanol–water partition coefficient (Wildman–Crippen LogP) is 3.74. The van der Waals surface area contributed by atoms with Crippen molar-refractivity contribution in [3.63, 3.8) is 0 Å². The third kappa shape index (κ3) is 3.79. The lowest BCUT2D eigenvalue weighted by Crippen LogP contribution is -2.30. The van der Waals surface area contributed by atoms with Crippen LogP contribution in [0.4, 0.5) is 0 Å². The zero-order valence-corrected chi connectivity index (χ0v) is 10.3. The molecule has 2 aliphatic rings. The van der Waals surface area contributed by atoms with Gasteiger partial charge in [0.2, 0.25) is 0 Å². The summed E-state index contributed by atoms with van der Waals surface area (Å²) in [5.74, 6) is 2.10. The average molecular weight is 209 g/mol. The van der Waals surface area contributed by atoms with Crippen LogP contribution in [0.1, 0.15) is 64.7 Å². The molecule has 0 spiro atoms. The highest BCUT2D eigenvalue weighted by atomic mass is 14.9. The van der Waals surface area contributed by atoms with Gasteiger partial charge in [-0.3, -0.25) is 0 Å². The summed E-state index contributed by atoms with van der Waals surface area (Å²) in [6, 6.07) is 0.758. The number of hydrogen-bond acceptors (Lipinski definition) is 1. The fraction of sp³-hybridized carbons (Fsp3) is 1.00. The second-order valence-corrected chi connectivity index (χ2v) is 5.83. The van der Waals surface area contributed by atoms with Crippen molar-refractivity contribution < 1.29 is 0 Å². The lowest BCUT2D eigenvalue weighted by atomic mass is 9.83. The van der Waals surface area contributed by atoms with Gasteiger partial charge in [-0.25, -0.2) is 0 Å². The minimum atomic E-state index is 0.758. The zero-order valence-electron chi connectivity index (χ0n) is 10.3. The van der Waals surface area contributed by atoms with Crippen LogP contribution < -0.4 is 5.32 Å². The molecule has 15 heavy (non-hydrogen) atoms. The quantitative estimate of drug-likeness (QED) is 0.703. The van der Waals surface area contributed by atoms with Gasteiger partial charge in [-0.1, -0.05) is 44.9 Å². The molecule has 0 saturated heterocycles. The number of hydrogen-bond donors (Lipinski definition) is 1. The Bertz CT molecular complexity index is 168. The molecule has 1 unspecified atom stereocenters. The van der Waals surface area contributed by atoms with Gasteiger partial charge >= 0.3 is 0 Å². The van der Waals surface area contributed by atoms with E-state index in [0.717, 1.165) is 17.9 Å². The van der Waals surface area contributed by atoms with E-state index in [1.807, 2.05) is 0 Å². The Hall–Kier alpha value is -0.0400. The van der Waals surface area contributed by atoms with Crippen molar-refractivity contribution in [3.05, 3.63) is 0 Å². The molecule has 0 amide bonds. The fourth-order valence-electron chi connectivity index (χ4n) is 3.14. The summed E-state index contributed by atoms with van der Waals surface area (Å²) in [5.41, 5.74) is 0. The highest BCUT2D eigenvalue weighted by Gasteiger charge is 2.19. The van der Waals surface area contributed by atoms with E-state index in [4.69, 9.17) is 0 Å². The monoisotopic (exact) mass is 209 g/mol. The molecule has 88 valence electrons. The molecule has 0 bridgehead atoms. The maximum atomic E-state index is 3.71. The van der Waals surface area contributed by atoms with Gasteiger partial charge in [0.05, 0.1) is 0 Å². The molecule has 0 radical (unpaired) electrons. The Labute approximate surface area is 95.0 Å².